The van der Waals surface area contributed by atoms with E-state index in [1.165, 1.54) is 6.92 Å². The van der Waals surface area contributed by atoms with E-state index in [9.17, 15) is 9.59 Å². The fraction of sp³-hybridized carbons (Fsp3) is 0.429. The normalized spacial score (nSPS) is 10.4. The number of para-hydroxylation sites is 1. The zero-order valence-corrected chi connectivity index (χ0v) is 10.5. The number of hydrogen-bond donors (Lipinski definition) is 0. The second kappa shape index (κ2) is 6.18. The lowest BCUT2D eigenvalue weighted by molar-refractivity contribution is -0.139. The lowest BCUT2D eigenvalue weighted by Gasteiger charge is -2.13. The Morgan fingerprint density at radius 3 is 2.29 bits per heavy atom. The molecular weight excluding hydrogens is 216 g/mol. The molecule has 0 saturated carbocycles. The molecule has 0 amide bonds. The summed E-state index contributed by atoms with van der Waals surface area (Å²) in [7, 11) is 0. The minimum Gasteiger partial charge on any atom is -0.426 e. The van der Waals surface area contributed by atoms with Gasteiger partial charge in [-0.2, -0.15) is 0 Å². The molecular formula is C14H18O3. The molecule has 1 aromatic rings. The summed E-state index contributed by atoms with van der Waals surface area (Å²) in [4.78, 5) is 23.2. The number of carbonyl (C=O) groups is 2. The van der Waals surface area contributed by atoms with Crippen LogP contribution in [-0.4, -0.2) is 11.8 Å². The van der Waals surface area contributed by atoms with Gasteiger partial charge in [0.15, 0.2) is 5.78 Å². The number of rotatable bonds is 5. The molecule has 0 bridgehead atoms. The van der Waals surface area contributed by atoms with Crippen molar-refractivity contribution in [2.75, 3.05) is 0 Å². The first-order chi connectivity index (χ1) is 8.10. The standard InChI is InChI=1S/C14H18O3/c1-4-11(5-2)14(16)17-13-9-7-6-8-12(13)10(3)15/h6-9,11H,4-5H2,1-3H3. The molecule has 0 aromatic heterocycles. The van der Waals surface area contributed by atoms with Crippen molar-refractivity contribution < 1.29 is 14.3 Å². The van der Waals surface area contributed by atoms with Crippen molar-refractivity contribution in [2.45, 2.75) is 33.6 Å². The third-order valence-electron chi connectivity index (χ3n) is 2.80. The molecule has 0 atom stereocenters. The van der Waals surface area contributed by atoms with Gasteiger partial charge in [0.2, 0.25) is 0 Å². The molecule has 3 nitrogen and oxygen atoms in total. The molecule has 1 aromatic carbocycles. The fourth-order valence-electron chi connectivity index (χ4n) is 1.66. The van der Waals surface area contributed by atoms with Crippen molar-refractivity contribution in [3.05, 3.63) is 29.8 Å². The van der Waals surface area contributed by atoms with E-state index >= 15 is 0 Å². The molecule has 17 heavy (non-hydrogen) atoms. The monoisotopic (exact) mass is 234 g/mol. The highest BCUT2D eigenvalue weighted by Gasteiger charge is 2.18. The first kappa shape index (κ1) is 13.4. The van der Waals surface area contributed by atoms with Crippen LogP contribution < -0.4 is 4.74 Å². The molecule has 3 heteroatoms. The average molecular weight is 234 g/mol. The van der Waals surface area contributed by atoms with Crippen molar-refractivity contribution in [2.24, 2.45) is 5.92 Å². The number of carbonyl (C=O) groups excluding carboxylic acids is 2. The Balaban J connectivity index is 2.88. The average Bonchev–Trinajstić information content (AvgIpc) is 2.31. The highest BCUT2D eigenvalue weighted by molar-refractivity contribution is 5.97. The Morgan fingerprint density at radius 1 is 1.18 bits per heavy atom. The summed E-state index contributed by atoms with van der Waals surface area (Å²) >= 11 is 0. The third kappa shape index (κ3) is 3.41. The minimum absolute atomic E-state index is 0.0991. The van der Waals surface area contributed by atoms with Crippen LogP contribution in [0.3, 0.4) is 0 Å². The summed E-state index contributed by atoms with van der Waals surface area (Å²) in [5.41, 5.74) is 0.451. The predicted molar refractivity (Wildman–Crippen MR) is 66.2 cm³/mol. The van der Waals surface area contributed by atoms with Gasteiger partial charge in [-0.1, -0.05) is 26.0 Å². The Hall–Kier alpha value is -1.64. The van der Waals surface area contributed by atoms with Crippen LogP contribution >= 0.6 is 0 Å². The van der Waals surface area contributed by atoms with Crippen LogP contribution in [0.1, 0.15) is 44.0 Å². The number of benzene rings is 1. The molecule has 0 aliphatic carbocycles. The van der Waals surface area contributed by atoms with Crippen molar-refractivity contribution in [1.82, 2.24) is 0 Å². The number of Topliss-reactive ketones (excluding diaryl/α,β-unsaturated/α-hetero) is 1. The lowest BCUT2D eigenvalue weighted by Crippen LogP contribution is -2.20. The zero-order chi connectivity index (χ0) is 12.8. The number of ether oxygens (including phenoxy) is 1. The summed E-state index contributed by atoms with van der Waals surface area (Å²) in [6.45, 7) is 5.36. The van der Waals surface area contributed by atoms with Crippen molar-refractivity contribution in [1.29, 1.82) is 0 Å². The van der Waals surface area contributed by atoms with Crippen LogP contribution in [0.2, 0.25) is 0 Å². The summed E-state index contributed by atoms with van der Waals surface area (Å²) < 4.78 is 5.29. The second-order valence-corrected chi connectivity index (χ2v) is 3.99. The van der Waals surface area contributed by atoms with Gasteiger partial charge >= 0.3 is 5.97 Å². The van der Waals surface area contributed by atoms with E-state index in [0.29, 0.717) is 11.3 Å². The van der Waals surface area contributed by atoms with Gasteiger partial charge in [0, 0.05) is 0 Å². The molecule has 0 unspecified atom stereocenters. The van der Waals surface area contributed by atoms with Gasteiger partial charge in [-0.05, 0) is 31.9 Å². The topological polar surface area (TPSA) is 43.4 Å². The van der Waals surface area contributed by atoms with Crippen molar-refractivity contribution >= 4 is 11.8 Å². The minimum atomic E-state index is -0.260. The number of esters is 1. The van der Waals surface area contributed by atoms with E-state index in [1.54, 1.807) is 24.3 Å². The van der Waals surface area contributed by atoms with Gasteiger partial charge in [-0.3, -0.25) is 9.59 Å². The smallest absolute Gasteiger partial charge is 0.314 e. The maximum absolute atomic E-state index is 11.8. The Bertz CT molecular complexity index is 406. The second-order valence-electron chi connectivity index (χ2n) is 3.99. The molecule has 92 valence electrons. The van der Waals surface area contributed by atoms with Gasteiger partial charge in [-0.25, -0.2) is 0 Å². The van der Waals surface area contributed by atoms with E-state index in [1.807, 2.05) is 13.8 Å². The largest absolute Gasteiger partial charge is 0.426 e. The summed E-state index contributed by atoms with van der Waals surface area (Å²) in [6.07, 6.45) is 1.50. The Morgan fingerprint density at radius 2 is 1.76 bits per heavy atom. The van der Waals surface area contributed by atoms with Crippen molar-refractivity contribution in [3.8, 4) is 5.75 Å². The Labute approximate surface area is 102 Å². The summed E-state index contributed by atoms with van der Waals surface area (Å²) in [5, 5.41) is 0. The van der Waals surface area contributed by atoms with Crippen LogP contribution in [0.15, 0.2) is 24.3 Å². The van der Waals surface area contributed by atoms with Gasteiger partial charge in [0.1, 0.15) is 5.75 Å². The lowest BCUT2D eigenvalue weighted by atomic mass is 10.0. The highest BCUT2D eigenvalue weighted by atomic mass is 16.5. The molecule has 0 N–H and O–H groups in total. The maximum Gasteiger partial charge on any atom is 0.314 e. The van der Waals surface area contributed by atoms with Crippen LogP contribution in [0.4, 0.5) is 0 Å². The van der Waals surface area contributed by atoms with E-state index in [2.05, 4.69) is 0 Å². The van der Waals surface area contributed by atoms with E-state index in [0.717, 1.165) is 12.8 Å². The summed E-state index contributed by atoms with van der Waals surface area (Å²) in [6, 6.07) is 6.82. The number of hydrogen-bond acceptors (Lipinski definition) is 3. The SMILES string of the molecule is CCC(CC)C(=O)Oc1ccccc1C(C)=O. The van der Waals surface area contributed by atoms with Gasteiger partial charge < -0.3 is 4.74 Å². The van der Waals surface area contributed by atoms with Crippen molar-refractivity contribution in [3.63, 3.8) is 0 Å². The molecule has 0 fully saturated rings. The molecule has 0 saturated heterocycles. The van der Waals surface area contributed by atoms with E-state index in [-0.39, 0.29) is 17.7 Å². The molecule has 0 heterocycles. The highest BCUT2D eigenvalue weighted by Crippen LogP contribution is 2.21. The van der Waals surface area contributed by atoms with Crippen LogP contribution in [0.25, 0.3) is 0 Å². The summed E-state index contributed by atoms with van der Waals surface area (Å²) in [5.74, 6) is -0.103. The van der Waals surface area contributed by atoms with Crippen LogP contribution in [0.5, 0.6) is 5.75 Å². The molecule has 0 aliphatic heterocycles. The molecule has 0 spiro atoms. The molecule has 0 aliphatic rings. The first-order valence-electron chi connectivity index (χ1n) is 5.91. The van der Waals surface area contributed by atoms with Crippen LogP contribution in [-0.2, 0) is 4.79 Å². The Kier molecular flexibility index (Phi) is 4.88. The predicted octanol–water partition coefficient (Wildman–Crippen LogP) is 3.23. The fourth-order valence-corrected chi connectivity index (χ4v) is 1.66. The third-order valence-corrected chi connectivity index (χ3v) is 2.80. The van der Waals surface area contributed by atoms with Crippen LogP contribution in [0, 0.1) is 5.92 Å². The van der Waals surface area contributed by atoms with Gasteiger partial charge in [0.25, 0.3) is 0 Å². The van der Waals surface area contributed by atoms with Gasteiger partial charge in [-0.15, -0.1) is 0 Å². The quantitative estimate of drug-likeness (QED) is 0.446. The van der Waals surface area contributed by atoms with E-state index in [4.69, 9.17) is 4.74 Å². The first-order valence-corrected chi connectivity index (χ1v) is 5.91. The molecule has 0 radical (unpaired) electrons. The maximum atomic E-state index is 11.8. The van der Waals surface area contributed by atoms with E-state index < -0.39 is 0 Å². The number of ketones is 1. The zero-order valence-electron chi connectivity index (χ0n) is 10.5. The van der Waals surface area contributed by atoms with Gasteiger partial charge in [0.05, 0.1) is 11.5 Å². The molecule has 1 rings (SSSR count).